The molecule has 0 aromatic heterocycles. The lowest BCUT2D eigenvalue weighted by molar-refractivity contribution is -0.115. The van der Waals surface area contributed by atoms with Gasteiger partial charge in [-0.1, -0.05) is 0 Å². The fraction of sp³-hybridized carbons (Fsp3) is 0.222. The van der Waals surface area contributed by atoms with Crippen LogP contribution in [0, 0.1) is 0 Å². The molecule has 1 radical (unpaired) electrons. The number of anilines is 2. The third kappa shape index (κ3) is 1.30. The lowest BCUT2D eigenvalue weighted by Crippen LogP contribution is -2.35. The van der Waals surface area contributed by atoms with Gasteiger partial charge in [0.15, 0.2) is 0 Å². The maximum absolute atomic E-state index is 11.1. The molecule has 4 nitrogen and oxygen atoms in total. The molecule has 1 aliphatic rings. The molecule has 2 N–H and O–H groups in total. The molecule has 1 aromatic rings. The van der Waals surface area contributed by atoms with E-state index in [-0.39, 0.29) is 5.91 Å². The Hall–Kier alpha value is -1.71. The maximum Gasteiger partial charge on any atom is 0.243 e. The molecule has 1 aromatic carbocycles. The summed E-state index contributed by atoms with van der Waals surface area (Å²) in [7, 11) is 1.84. The number of amides is 1. The normalized spacial score (nSPS) is 15.2. The van der Waals surface area contributed by atoms with Crippen molar-refractivity contribution in [3.63, 3.8) is 0 Å². The van der Waals surface area contributed by atoms with Gasteiger partial charge in [0.2, 0.25) is 5.91 Å². The van der Waals surface area contributed by atoms with E-state index in [0.717, 1.165) is 11.4 Å². The van der Waals surface area contributed by atoms with Crippen molar-refractivity contribution >= 4 is 23.0 Å². The topological polar surface area (TPSA) is 56.1 Å². The third-order valence-corrected chi connectivity index (χ3v) is 2.06. The molecule has 0 spiro atoms. The zero-order valence-electron chi connectivity index (χ0n) is 7.29. The Bertz CT molecular complexity index is 362. The molecular weight excluding hydrogens is 166 g/mol. The highest BCUT2D eigenvalue weighted by Gasteiger charge is 2.18. The molecule has 0 fully saturated rings. The van der Waals surface area contributed by atoms with Gasteiger partial charge in [0.25, 0.3) is 0 Å². The van der Waals surface area contributed by atoms with Crippen molar-refractivity contribution in [2.75, 3.05) is 23.8 Å². The van der Waals surface area contributed by atoms with Gasteiger partial charge in [0.1, 0.15) is 0 Å². The lowest BCUT2D eigenvalue weighted by atomic mass is 10.2. The zero-order valence-corrected chi connectivity index (χ0v) is 7.29. The number of nitrogens with zero attached hydrogens (tertiary/aromatic N) is 1. The summed E-state index contributed by atoms with van der Waals surface area (Å²) >= 11 is 0. The van der Waals surface area contributed by atoms with E-state index in [0.29, 0.717) is 12.2 Å². The quantitative estimate of drug-likeness (QED) is 0.640. The van der Waals surface area contributed by atoms with Gasteiger partial charge in [0.05, 0.1) is 23.6 Å². The Labute approximate surface area is 76.3 Å². The molecule has 1 heterocycles. The molecule has 0 unspecified atom stereocenters. The minimum atomic E-state index is -0.00673. The van der Waals surface area contributed by atoms with E-state index in [9.17, 15) is 4.79 Å². The zero-order chi connectivity index (χ0) is 9.42. The Balaban J connectivity index is 2.49. The fourth-order valence-electron chi connectivity index (χ4n) is 1.44. The molecule has 1 aliphatic heterocycles. The molecule has 13 heavy (non-hydrogen) atoms. The Morgan fingerprint density at radius 2 is 2.31 bits per heavy atom. The predicted molar refractivity (Wildman–Crippen MR) is 51.1 cm³/mol. The van der Waals surface area contributed by atoms with Crippen molar-refractivity contribution in [3.05, 3.63) is 18.2 Å². The fourth-order valence-corrected chi connectivity index (χ4v) is 1.44. The minimum Gasteiger partial charge on any atom is -0.364 e. The Morgan fingerprint density at radius 1 is 1.54 bits per heavy atom. The van der Waals surface area contributed by atoms with Gasteiger partial charge in [-0.25, -0.2) is 0 Å². The van der Waals surface area contributed by atoms with E-state index >= 15 is 0 Å². The second kappa shape index (κ2) is 2.65. The van der Waals surface area contributed by atoms with Crippen molar-refractivity contribution in [2.45, 2.75) is 0 Å². The van der Waals surface area contributed by atoms with Gasteiger partial charge in [-0.2, -0.15) is 0 Å². The van der Waals surface area contributed by atoms with Crippen LogP contribution in [0.2, 0.25) is 0 Å². The van der Waals surface area contributed by atoms with E-state index < -0.39 is 0 Å². The Kier molecular flexibility index (Phi) is 1.62. The predicted octanol–water partition coefficient (Wildman–Crippen LogP) is 0.989. The van der Waals surface area contributed by atoms with E-state index in [2.05, 4.69) is 5.32 Å². The molecular formula is C9H10N3O. The van der Waals surface area contributed by atoms with Crippen LogP contribution in [0.1, 0.15) is 0 Å². The van der Waals surface area contributed by atoms with Crippen LogP contribution < -0.4 is 16.0 Å². The summed E-state index contributed by atoms with van der Waals surface area (Å²) in [6, 6.07) is 5.16. The smallest absolute Gasteiger partial charge is 0.243 e. The van der Waals surface area contributed by atoms with Gasteiger partial charge >= 0.3 is 0 Å². The summed E-state index contributed by atoms with van der Waals surface area (Å²) in [5, 5.41) is 2.75. The second-order valence-electron chi connectivity index (χ2n) is 3.14. The molecule has 0 atom stereocenters. The van der Waals surface area contributed by atoms with Crippen LogP contribution in [0.25, 0.3) is 0 Å². The maximum atomic E-state index is 11.1. The number of likely N-dealkylation sites (N-methyl/N-ethyl adjacent to an activating group) is 1. The van der Waals surface area contributed by atoms with Crippen molar-refractivity contribution in [1.82, 2.24) is 5.73 Å². The Morgan fingerprint density at radius 3 is 3.08 bits per heavy atom. The minimum absolute atomic E-state index is 0.00673. The first kappa shape index (κ1) is 7.91. The van der Waals surface area contributed by atoms with Gasteiger partial charge in [-0.3, -0.25) is 4.79 Å². The van der Waals surface area contributed by atoms with Crippen LogP contribution in [0.3, 0.4) is 0 Å². The van der Waals surface area contributed by atoms with Gasteiger partial charge in [0, 0.05) is 7.05 Å². The van der Waals surface area contributed by atoms with E-state index in [1.807, 2.05) is 11.9 Å². The highest BCUT2D eigenvalue weighted by Crippen LogP contribution is 2.30. The van der Waals surface area contributed by atoms with Crippen molar-refractivity contribution in [1.29, 1.82) is 0 Å². The van der Waals surface area contributed by atoms with Crippen LogP contribution in [-0.2, 0) is 4.79 Å². The standard InChI is InChI=1S/C9H10N3O/c1-12-5-9(13)11-7-3-2-6(10)4-8(7)12/h2-4,10H,5H2,1H3,(H,11,13). The molecule has 1 amide bonds. The number of nitrogens with one attached hydrogen (secondary N) is 2. The van der Waals surface area contributed by atoms with Crippen molar-refractivity contribution < 1.29 is 4.79 Å². The first-order valence-electron chi connectivity index (χ1n) is 4.03. The van der Waals surface area contributed by atoms with Gasteiger partial charge < -0.3 is 16.0 Å². The monoisotopic (exact) mass is 176 g/mol. The molecule has 67 valence electrons. The SMILES string of the molecule is CN1CC(=O)Nc2ccc([NH])cc21. The number of carbonyl (C=O) groups excluding carboxylic acids is 1. The summed E-state index contributed by atoms with van der Waals surface area (Å²) in [6.45, 7) is 0.358. The summed E-state index contributed by atoms with van der Waals surface area (Å²) < 4.78 is 0. The first-order chi connectivity index (χ1) is 6.16. The number of hydrogen-bond acceptors (Lipinski definition) is 2. The van der Waals surface area contributed by atoms with Crippen LogP contribution in [0.15, 0.2) is 18.2 Å². The van der Waals surface area contributed by atoms with E-state index in [1.165, 1.54) is 0 Å². The molecule has 2 rings (SSSR count). The average Bonchev–Trinajstić information content (AvgIpc) is 2.06. The number of rotatable bonds is 0. The molecule has 0 bridgehead atoms. The molecule has 0 aliphatic carbocycles. The highest BCUT2D eigenvalue weighted by molar-refractivity contribution is 6.01. The van der Waals surface area contributed by atoms with Crippen LogP contribution in [0.4, 0.5) is 17.1 Å². The summed E-state index contributed by atoms with van der Waals surface area (Å²) in [5.41, 5.74) is 9.59. The molecule has 0 saturated carbocycles. The third-order valence-electron chi connectivity index (χ3n) is 2.06. The number of hydrogen-bond donors (Lipinski definition) is 1. The number of carbonyl (C=O) groups is 1. The highest BCUT2D eigenvalue weighted by atomic mass is 16.2. The van der Waals surface area contributed by atoms with Gasteiger partial charge in [-0.15, -0.1) is 0 Å². The molecule has 0 saturated heterocycles. The number of benzene rings is 1. The summed E-state index contributed by atoms with van der Waals surface area (Å²) in [6.07, 6.45) is 0. The van der Waals surface area contributed by atoms with Crippen LogP contribution >= 0.6 is 0 Å². The average molecular weight is 176 g/mol. The first-order valence-corrected chi connectivity index (χ1v) is 4.03. The lowest BCUT2D eigenvalue weighted by Gasteiger charge is -2.27. The van der Waals surface area contributed by atoms with Crippen molar-refractivity contribution in [2.24, 2.45) is 0 Å². The summed E-state index contributed by atoms with van der Waals surface area (Å²) in [4.78, 5) is 13.0. The number of fused-ring (bicyclic) bond motifs is 1. The van der Waals surface area contributed by atoms with E-state index in [4.69, 9.17) is 5.73 Å². The van der Waals surface area contributed by atoms with E-state index in [1.54, 1.807) is 18.2 Å². The van der Waals surface area contributed by atoms with Crippen LogP contribution in [-0.4, -0.2) is 19.5 Å². The largest absolute Gasteiger partial charge is 0.364 e. The van der Waals surface area contributed by atoms with Crippen molar-refractivity contribution in [3.8, 4) is 0 Å². The summed E-state index contributed by atoms with van der Waals surface area (Å²) in [5.74, 6) is -0.00673. The second-order valence-corrected chi connectivity index (χ2v) is 3.14. The van der Waals surface area contributed by atoms with Gasteiger partial charge in [-0.05, 0) is 18.2 Å². The molecule has 4 heteroatoms. The van der Waals surface area contributed by atoms with Crippen LogP contribution in [0.5, 0.6) is 0 Å².